The lowest BCUT2D eigenvalue weighted by atomic mass is 9.94. The number of fused-ring (bicyclic) bond motifs is 1. The molecular formula is C37H54O3. The van der Waals surface area contributed by atoms with Crippen LogP contribution in [0.3, 0.4) is 0 Å². The molecule has 0 aliphatic carbocycles. The van der Waals surface area contributed by atoms with E-state index in [1.165, 1.54) is 34.3 Å². The highest BCUT2D eigenvalue weighted by Crippen LogP contribution is 2.40. The lowest BCUT2D eigenvalue weighted by molar-refractivity contribution is 0.128. The fourth-order valence-corrected chi connectivity index (χ4v) is 4.87. The summed E-state index contributed by atoms with van der Waals surface area (Å²) in [4.78, 5) is 0. The third kappa shape index (κ3) is 12.5. The molecule has 1 N–H and O–H groups in total. The first-order valence-corrected chi connectivity index (χ1v) is 15.1. The Balaban J connectivity index is 1.68. The molecule has 220 valence electrons. The number of phenolic OH excluding ortho intramolecular Hbond substituents is 1. The molecule has 0 spiro atoms. The second kappa shape index (κ2) is 17.0. The predicted molar refractivity (Wildman–Crippen MR) is 173 cm³/mol. The van der Waals surface area contributed by atoms with Crippen LogP contribution in [0.1, 0.15) is 118 Å². The zero-order chi connectivity index (χ0) is 29.5. The smallest absolute Gasteiger partial charge is 0.164 e. The first-order valence-electron chi connectivity index (χ1n) is 15.1. The average molecular weight is 547 g/mol. The Bertz CT molecular complexity index is 1140. The van der Waals surface area contributed by atoms with E-state index in [-0.39, 0.29) is 11.4 Å². The summed E-state index contributed by atoms with van der Waals surface area (Å²) in [5, 5.41) is 10.0. The van der Waals surface area contributed by atoms with E-state index < -0.39 is 0 Å². The van der Waals surface area contributed by atoms with E-state index in [2.05, 4.69) is 84.9 Å². The Labute approximate surface area is 245 Å². The topological polar surface area (TPSA) is 38.7 Å². The van der Waals surface area contributed by atoms with Gasteiger partial charge < -0.3 is 14.6 Å². The minimum atomic E-state index is -0.367. The van der Waals surface area contributed by atoms with Crippen LogP contribution in [0.5, 0.6) is 17.2 Å². The van der Waals surface area contributed by atoms with Gasteiger partial charge in [0.25, 0.3) is 0 Å². The van der Waals surface area contributed by atoms with Crippen LogP contribution < -0.4 is 9.47 Å². The molecule has 0 unspecified atom stereocenters. The summed E-state index contributed by atoms with van der Waals surface area (Å²) >= 11 is 0. The summed E-state index contributed by atoms with van der Waals surface area (Å²) in [6.07, 6.45) is 27.0. The number of methoxy groups -OCH3 is 1. The van der Waals surface area contributed by atoms with E-state index in [1.807, 2.05) is 6.08 Å². The van der Waals surface area contributed by atoms with Gasteiger partial charge in [-0.25, -0.2) is 0 Å². The van der Waals surface area contributed by atoms with Crippen LogP contribution in [-0.4, -0.2) is 17.8 Å². The molecule has 0 radical (unpaired) electrons. The molecule has 1 aromatic rings. The lowest BCUT2D eigenvalue weighted by Crippen LogP contribution is -2.31. The van der Waals surface area contributed by atoms with E-state index in [0.717, 1.165) is 69.1 Å². The van der Waals surface area contributed by atoms with Crippen molar-refractivity contribution in [2.75, 3.05) is 7.11 Å². The van der Waals surface area contributed by atoms with Gasteiger partial charge in [-0.05, 0) is 125 Å². The minimum Gasteiger partial charge on any atom is -0.504 e. The first-order chi connectivity index (χ1) is 19.0. The van der Waals surface area contributed by atoms with Crippen molar-refractivity contribution in [1.82, 2.24) is 0 Å². The van der Waals surface area contributed by atoms with Crippen LogP contribution in [0.4, 0.5) is 0 Å². The highest BCUT2D eigenvalue weighted by molar-refractivity contribution is 5.65. The van der Waals surface area contributed by atoms with E-state index >= 15 is 0 Å². The quantitative estimate of drug-likeness (QED) is 0.210. The van der Waals surface area contributed by atoms with Crippen molar-refractivity contribution in [2.24, 2.45) is 0 Å². The Hall–Kier alpha value is -2.94. The van der Waals surface area contributed by atoms with Gasteiger partial charge in [-0.2, -0.15) is 0 Å². The Morgan fingerprint density at radius 2 is 1.23 bits per heavy atom. The highest BCUT2D eigenvalue weighted by atomic mass is 16.5. The third-order valence-electron chi connectivity index (χ3n) is 7.59. The minimum absolute atomic E-state index is 0.132. The largest absolute Gasteiger partial charge is 0.504 e. The van der Waals surface area contributed by atoms with Crippen LogP contribution in [0, 0.1) is 0 Å². The molecule has 0 amide bonds. The lowest BCUT2D eigenvalue weighted by Gasteiger charge is -2.31. The molecule has 0 saturated carbocycles. The van der Waals surface area contributed by atoms with Gasteiger partial charge in [0, 0.05) is 11.6 Å². The molecule has 1 aliphatic heterocycles. The Morgan fingerprint density at radius 1 is 0.750 bits per heavy atom. The molecule has 0 saturated heterocycles. The predicted octanol–water partition coefficient (Wildman–Crippen LogP) is 11.2. The van der Waals surface area contributed by atoms with Crippen molar-refractivity contribution < 1.29 is 14.6 Å². The fourth-order valence-electron chi connectivity index (χ4n) is 4.87. The molecule has 40 heavy (non-hydrogen) atoms. The number of allylic oxidation sites excluding steroid dienone is 10. The van der Waals surface area contributed by atoms with Crippen LogP contribution in [-0.2, 0) is 0 Å². The van der Waals surface area contributed by atoms with Gasteiger partial charge >= 0.3 is 0 Å². The molecule has 2 rings (SSSR count). The van der Waals surface area contributed by atoms with Gasteiger partial charge in [0.15, 0.2) is 11.5 Å². The van der Waals surface area contributed by atoms with Crippen molar-refractivity contribution in [3.05, 3.63) is 82.0 Å². The second-order valence-electron chi connectivity index (χ2n) is 12.0. The summed E-state index contributed by atoms with van der Waals surface area (Å²) in [6.45, 7) is 15.5. The Kier molecular flexibility index (Phi) is 14.1. The maximum absolute atomic E-state index is 10.0. The van der Waals surface area contributed by atoms with Gasteiger partial charge in [0.05, 0.1) is 7.11 Å². The molecule has 3 heteroatoms. The SMILES string of the molecule is COc1cc2c(cc1O)C=C[C@@](C)(CCC=C(C)CCC=C(C)CCC=C(C)CCC=C(C)CCC=C(C)C)O2. The van der Waals surface area contributed by atoms with Crippen LogP contribution >= 0.6 is 0 Å². The zero-order valence-corrected chi connectivity index (χ0v) is 26.5. The standard InChI is InChI=1S/C37H54O3/c1-28(2)14-9-15-29(3)16-10-17-30(4)18-11-19-31(5)20-12-21-32(6)22-13-24-37(7)25-23-33-26-34(38)36(39-8)27-35(33)40-37/h14,16,18,20,22-23,25-27,38H,9-13,15,17,19,21,24H2,1-8H3/t37-/m1/s1. The molecule has 1 heterocycles. The molecule has 3 nitrogen and oxygen atoms in total. The molecule has 1 atom stereocenters. The van der Waals surface area contributed by atoms with Crippen molar-refractivity contribution in [3.63, 3.8) is 0 Å². The van der Waals surface area contributed by atoms with Crippen molar-refractivity contribution in [2.45, 2.75) is 118 Å². The van der Waals surface area contributed by atoms with E-state index in [4.69, 9.17) is 9.47 Å². The van der Waals surface area contributed by atoms with Crippen molar-refractivity contribution in [3.8, 4) is 17.2 Å². The third-order valence-corrected chi connectivity index (χ3v) is 7.59. The number of phenols is 1. The monoisotopic (exact) mass is 546 g/mol. The highest BCUT2D eigenvalue weighted by Gasteiger charge is 2.27. The van der Waals surface area contributed by atoms with E-state index in [9.17, 15) is 5.11 Å². The number of rotatable bonds is 16. The van der Waals surface area contributed by atoms with Crippen LogP contribution in [0.15, 0.2) is 76.5 Å². The maximum Gasteiger partial charge on any atom is 0.164 e. The molecule has 0 fully saturated rings. The van der Waals surface area contributed by atoms with Crippen LogP contribution in [0.25, 0.3) is 6.08 Å². The van der Waals surface area contributed by atoms with Gasteiger partial charge in [-0.1, -0.05) is 64.3 Å². The van der Waals surface area contributed by atoms with E-state index in [1.54, 1.807) is 19.2 Å². The number of hydrogen-bond acceptors (Lipinski definition) is 3. The molecule has 0 bridgehead atoms. The van der Waals surface area contributed by atoms with Gasteiger partial charge in [0.1, 0.15) is 11.4 Å². The zero-order valence-electron chi connectivity index (χ0n) is 26.5. The average Bonchev–Trinajstić information content (AvgIpc) is 2.88. The summed E-state index contributed by atoms with van der Waals surface area (Å²) in [6, 6.07) is 3.46. The van der Waals surface area contributed by atoms with Crippen LogP contribution in [0.2, 0.25) is 0 Å². The summed E-state index contributed by atoms with van der Waals surface area (Å²) in [5.74, 6) is 1.32. The number of ether oxygens (including phenoxy) is 2. The molecule has 1 aromatic carbocycles. The van der Waals surface area contributed by atoms with Gasteiger partial charge in [-0.15, -0.1) is 0 Å². The summed E-state index contributed by atoms with van der Waals surface area (Å²) in [5.41, 5.74) is 7.85. The molecular weight excluding hydrogens is 492 g/mol. The number of benzene rings is 1. The Morgan fingerprint density at radius 3 is 1.70 bits per heavy atom. The first kappa shape index (κ1) is 33.3. The van der Waals surface area contributed by atoms with E-state index in [0.29, 0.717) is 5.75 Å². The number of hydrogen-bond donors (Lipinski definition) is 1. The normalized spacial score (nSPS) is 17.9. The maximum atomic E-state index is 10.0. The molecule has 0 aromatic heterocycles. The van der Waals surface area contributed by atoms with Crippen molar-refractivity contribution in [1.29, 1.82) is 0 Å². The molecule has 1 aliphatic rings. The number of aromatic hydroxyl groups is 1. The van der Waals surface area contributed by atoms with Gasteiger partial charge in [0.2, 0.25) is 0 Å². The summed E-state index contributed by atoms with van der Waals surface area (Å²) in [7, 11) is 1.55. The van der Waals surface area contributed by atoms with Crippen molar-refractivity contribution >= 4 is 6.08 Å². The fraction of sp³-hybridized carbons (Fsp3) is 0.514. The summed E-state index contributed by atoms with van der Waals surface area (Å²) < 4.78 is 11.5. The van der Waals surface area contributed by atoms with Gasteiger partial charge in [-0.3, -0.25) is 0 Å². The second-order valence-corrected chi connectivity index (χ2v) is 12.0.